The molecular formula is C12H22N2O2. The smallest absolute Gasteiger partial charge is 0.222 e. The molecule has 1 heterocycles. The number of nitrogens with two attached hydrogens (primary N) is 1. The van der Waals surface area contributed by atoms with Crippen LogP contribution in [0.25, 0.3) is 0 Å². The molecule has 1 rings (SSSR count). The minimum absolute atomic E-state index is 0.237. The third kappa shape index (κ3) is 4.21. The van der Waals surface area contributed by atoms with Crippen LogP contribution in [0.5, 0.6) is 0 Å². The van der Waals surface area contributed by atoms with Crippen LogP contribution in [0.15, 0.2) is 0 Å². The second-order valence-corrected chi connectivity index (χ2v) is 4.58. The fourth-order valence-electron chi connectivity index (χ4n) is 2.13. The average Bonchev–Trinajstić information content (AvgIpc) is 2.72. The number of amides is 2. The zero-order valence-electron chi connectivity index (χ0n) is 10.1. The van der Waals surface area contributed by atoms with Gasteiger partial charge in [-0.3, -0.25) is 9.59 Å². The van der Waals surface area contributed by atoms with Crippen LogP contribution in [0.4, 0.5) is 0 Å². The van der Waals surface area contributed by atoms with Crippen LogP contribution >= 0.6 is 0 Å². The summed E-state index contributed by atoms with van der Waals surface area (Å²) in [5.74, 6) is 0.648. The average molecular weight is 226 g/mol. The van der Waals surface area contributed by atoms with Crippen LogP contribution < -0.4 is 5.73 Å². The fourth-order valence-corrected chi connectivity index (χ4v) is 2.13. The lowest BCUT2D eigenvalue weighted by atomic mass is 10.1. The van der Waals surface area contributed by atoms with E-state index in [1.165, 1.54) is 0 Å². The maximum Gasteiger partial charge on any atom is 0.222 e. The lowest BCUT2D eigenvalue weighted by Gasteiger charge is -2.15. The summed E-state index contributed by atoms with van der Waals surface area (Å²) in [5.41, 5.74) is 5.03. The van der Waals surface area contributed by atoms with Gasteiger partial charge in [0, 0.05) is 25.9 Å². The van der Waals surface area contributed by atoms with Gasteiger partial charge in [0.1, 0.15) is 0 Å². The molecule has 1 aliphatic rings. The monoisotopic (exact) mass is 226 g/mol. The molecule has 0 aliphatic carbocycles. The van der Waals surface area contributed by atoms with Crippen molar-refractivity contribution in [3.63, 3.8) is 0 Å². The predicted molar refractivity (Wildman–Crippen MR) is 62.6 cm³/mol. The molecule has 1 fully saturated rings. The lowest BCUT2D eigenvalue weighted by molar-refractivity contribution is -0.130. The third-order valence-corrected chi connectivity index (χ3v) is 3.28. The van der Waals surface area contributed by atoms with E-state index in [-0.39, 0.29) is 11.8 Å². The van der Waals surface area contributed by atoms with Gasteiger partial charge in [-0.1, -0.05) is 13.3 Å². The second kappa shape index (κ2) is 6.51. The van der Waals surface area contributed by atoms with Crippen molar-refractivity contribution in [1.29, 1.82) is 0 Å². The highest BCUT2D eigenvalue weighted by Gasteiger charge is 2.24. The molecule has 0 aromatic carbocycles. The molecule has 92 valence electrons. The van der Waals surface area contributed by atoms with E-state index in [0.717, 1.165) is 38.8 Å². The molecule has 0 aromatic heterocycles. The number of likely N-dealkylation sites (tertiary alicyclic amines) is 1. The van der Waals surface area contributed by atoms with Crippen molar-refractivity contribution in [3.8, 4) is 0 Å². The van der Waals surface area contributed by atoms with Crippen LogP contribution in [-0.4, -0.2) is 29.8 Å². The largest absolute Gasteiger partial charge is 0.370 e. The quantitative estimate of drug-likeness (QED) is 0.694. The summed E-state index contributed by atoms with van der Waals surface area (Å²) in [6, 6.07) is 0. The summed E-state index contributed by atoms with van der Waals surface area (Å²) >= 11 is 0. The highest BCUT2D eigenvalue weighted by atomic mass is 16.2. The number of hydrogen-bond donors (Lipinski definition) is 1. The molecule has 0 aromatic rings. The number of unbranched alkanes of at least 4 members (excludes halogenated alkanes) is 1. The lowest BCUT2D eigenvalue weighted by Crippen LogP contribution is -2.28. The molecule has 2 N–H and O–H groups in total. The van der Waals surface area contributed by atoms with Gasteiger partial charge in [0.25, 0.3) is 0 Å². The van der Waals surface area contributed by atoms with Crippen molar-refractivity contribution in [1.82, 2.24) is 4.90 Å². The summed E-state index contributed by atoms with van der Waals surface area (Å²) in [7, 11) is 0. The molecular weight excluding hydrogens is 204 g/mol. The molecule has 1 atom stereocenters. The normalized spacial score (nSPS) is 20.1. The topological polar surface area (TPSA) is 63.4 Å². The van der Waals surface area contributed by atoms with Crippen molar-refractivity contribution in [3.05, 3.63) is 0 Å². The summed E-state index contributed by atoms with van der Waals surface area (Å²) in [4.78, 5) is 24.2. The molecule has 16 heavy (non-hydrogen) atoms. The number of rotatable bonds is 6. The Bertz CT molecular complexity index is 253. The minimum atomic E-state index is -0.278. The molecule has 4 heteroatoms. The molecule has 1 aliphatic heterocycles. The van der Waals surface area contributed by atoms with Crippen molar-refractivity contribution in [2.75, 3.05) is 13.1 Å². The van der Waals surface area contributed by atoms with Gasteiger partial charge in [0.05, 0.1) is 0 Å². The van der Waals surface area contributed by atoms with Gasteiger partial charge < -0.3 is 10.6 Å². The van der Waals surface area contributed by atoms with Crippen LogP contribution in [0.1, 0.15) is 45.4 Å². The molecule has 0 saturated carbocycles. The number of primary amides is 1. The van der Waals surface area contributed by atoms with E-state index in [0.29, 0.717) is 18.8 Å². The summed E-state index contributed by atoms with van der Waals surface area (Å²) in [6.07, 6.45) is 4.75. The van der Waals surface area contributed by atoms with E-state index in [1.54, 1.807) is 0 Å². The van der Waals surface area contributed by atoms with E-state index in [2.05, 4.69) is 6.92 Å². The first-order valence-corrected chi connectivity index (χ1v) is 6.19. The molecule has 4 nitrogen and oxygen atoms in total. The highest BCUT2D eigenvalue weighted by molar-refractivity contribution is 5.76. The highest BCUT2D eigenvalue weighted by Crippen LogP contribution is 2.20. The van der Waals surface area contributed by atoms with E-state index in [1.807, 2.05) is 4.90 Å². The van der Waals surface area contributed by atoms with Gasteiger partial charge >= 0.3 is 0 Å². The maximum atomic E-state index is 11.8. The predicted octanol–water partition coefficient (Wildman–Crippen LogP) is 1.29. The maximum absolute atomic E-state index is 11.8. The third-order valence-electron chi connectivity index (χ3n) is 3.28. The Morgan fingerprint density at radius 2 is 2.00 bits per heavy atom. The first-order valence-electron chi connectivity index (χ1n) is 6.19. The zero-order valence-corrected chi connectivity index (χ0v) is 10.1. The number of carbonyl (C=O) groups excluding carboxylic acids is 2. The summed E-state index contributed by atoms with van der Waals surface area (Å²) in [5, 5.41) is 0. The van der Waals surface area contributed by atoms with Crippen LogP contribution in [0, 0.1) is 5.92 Å². The van der Waals surface area contributed by atoms with Crippen LogP contribution in [-0.2, 0) is 9.59 Å². The van der Waals surface area contributed by atoms with Gasteiger partial charge in [-0.05, 0) is 25.2 Å². The number of carbonyl (C=O) groups is 2. The zero-order chi connectivity index (χ0) is 12.0. The van der Waals surface area contributed by atoms with Gasteiger partial charge in [-0.25, -0.2) is 0 Å². The molecule has 0 spiro atoms. The Morgan fingerprint density at radius 1 is 1.31 bits per heavy atom. The summed E-state index contributed by atoms with van der Waals surface area (Å²) < 4.78 is 0. The minimum Gasteiger partial charge on any atom is -0.370 e. The Kier molecular flexibility index (Phi) is 5.29. The van der Waals surface area contributed by atoms with Gasteiger partial charge in [-0.2, -0.15) is 0 Å². The van der Waals surface area contributed by atoms with E-state index in [4.69, 9.17) is 5.73 Å². The molecule has 0 radical (unpaired) electrons. The van der Waals surface area contributed by atoms with E-state index in [9.17, 15) is 9.59 Å². The standard InChI is InChI=1S/C12H22N2O2/c1-2-10-7-8-14(9-10)12(16)6-4-3-5-11(13)15/h10H,2-9H2,1H3,(H2,13,15). The first-order chi connectivity index (χ1) is 7.63. The van der Waals surface area contributed by atoms with E-state index >= 15 is 0 Å². The van der Waals surface area contributed by atoms with Gasteiger partial charge in [0.2, 0.25) is 11.8 Å². The molecule has 1 unspecified atom stereocenters. The SMILES string of the molecule is CCC1CCN(C(=O)CCCCC(N)=O)C1. The number of nitrogens with zero attached hydrogens (tertiary/aromatic N) is 1. The van der Waals surface area contributed by atoms with Gasteiger partial charge in [-0.15, -0.1) is 0 Å². The van der Waals surface area contributed by atoms with Crippen molar-refractivity contribution < 1.29 is 9.59 Å². The van der Waals surface area contributed by atoms with Gasteiger partial charge in [0.15, 0.2) is 0 Å². The first kappa shape index (κ1) is 13.0. The fraction of sp³-hybridized carbons (Fsp3) is 0.833. The Balaban J connectivity index is 2.13. The summed E-state index contributed by atoms with van der Waals surface area (Å²) in [6.45, 7) is 4.00. The van der Waals surface area contributed by atoms with Crippen LogP contribution in [0.3, 0.4) is 0 Å². The Morgan fingerprint density at radius 3 is 2.56 bits per heavy atom. The molecule has 2 amide bonds. The van der Waals surface area contributed by atoms with Crippen molar-refractivity contribution >= 4 is 11.8 Å². The molecule has 1 saturated heterocycles. The van der Waals surface area contributed by atoms with E-state index < -0.39 is 0 Å². The Labute approximate surface area is 97.2 Å². The van der Waals surface area contributed by atoms with Crippen LogP contribution in [0.2, 0.25) is 0 Å². The second-order valence-electron chi connectivity index (χ2n) is 4.58. The molecule has 0 bridgehead atoms. The Hall–Kier alpha value is -1.06. The van der Waals surface area contributed by atoms with Crippen molar-refractivity contribution in [2.45, 2.75) is 45.4 Å². The van der Waals surface area contributed by atoms with Crippen molar-refractivity contribution in [2.24, 2.45) is 11.7 Å². The number of hydrogen-bond acceptors (Lipinski definition) is 2.